The van der Waals surface area contributed by atoms with Crippen LogP contribution in [0.3, 0.4) is 0 Å². The van der Waals surface area contributed by atoms with Crippen LogP contribution in [-0.4, -0.2) is 9.97 Å². The van der Waals surface area contributed by atoms with Gasteiger partial charge in [-0.2, -0.15) is 0 Å². The topological polar surface area (TPSA) is 25.8 Å². The quantitative estimate of drug-likeness (QED) is 0.617. The van der Waals surface area contributed by atoms with Gasteiger partial charge in [0.15, 0.2) is 0 Å². The number of aromatic nitrogens is 2. The van der Waals surface area contributed by atoms with Gasteiger partial charge in [0, 0.05) is 16.2 Å². The van der Waals surface area contributed by atoms with Crippen LogP contribution in [0, 0.1) is 6.92 Å². The fourth-order valence-electron chi connectivity index (χ4n) is 2.95. The van der Waals surface area contributed by atoms with Crippen molar-refractivity contribution >= 4 is 33.2 Å². The first-order valence-corrected chi connectivity index (χ1v) is 7.90. The molecule has 0 unspecified atom stereocenters. The Labute approximate surface area is 126 Å². The van der Waals surface area contributed by atoms with Gasteiger partial charge in [-0.3, -0.25) is 0 Å². The van der Waals surface area contributed by atoms with E-state index in [1.165, 1.54) is 16.0 Å². The molecular formula is C16H13ClN2S. The largest absolute Gasteiger partial charge is 0.222 e. The first-order valence-electron chi connectivity index (χ1n) is 6.71. The number of rotatable bonds is 1. The highest BCUT2D eigenvalue weighted by atomic mass is 35.5. The fourth-order valence-corrected chi connectivity index (χ4v) is 4.12. The third kappa shape index (κ3) is 1.93. The molecule has 0 atom stereocenters. The summed E-state index contributed by atoms with van der Waals surface area (Å²) in [5, 5.41) is 1.57. The zero-order chi connectivity index (χ0) is 13.7. The highest BCUT2D eigenvalue weighted by molar-refractivity contribution is 7.18. The molecule has 0 amide bonds. The van der Waals surface area contributed by atoms with E-state index in [9.17, 15) is 0 Å². The second-order valence-electron chi connectivity index (χ2n) is 5.32. The zero-order valence-electron chi connectivity index (χ0n) is 11.1. The molecule has 0 bridgehead atoms. The van der Waals surface area contributed by atoms with Gasteiger partial charge < -0.3 is 0 Å². The number of aryl methyl sites for hydroxylation is 1. The minimum Gasteiger partial charge on any atom is -0.222 e. The maximum atomic E-state index is 6.32. The Morgan fingerprint density at radius 1 is 1.15 bits per heavy atom. The van der Waals surface area contributed by atoms with Gasteiger partial charge in [-0.15, -0.1) is 11.3 Å². The second-order valence-corrected chi connectivity index (χ2v) is 6.92. The molecular weight excluding hydrogens is 288 g/mol. The molecule has 0 N–H and O–H groups in total. The van der Waals surface area contributed by atoms with Crippen molar-refractivity contribution in [2.75, 3.05) is 0 Å². The average Bonchev–Trinajstić information content (AvgIpc) is 3.01. The summed E-state index contributed by atoms with van der Waals surface area (Å²) in [5.41, 5.74) is 2.83. The smallest absolute Gasteiger partial charge is 0.141 e. The van der Waals surface area contributed by atoms with Gasteiger partial charge in [0.05, 0.1) is 0 Å². The van der Waals surface area contributed by atoms with Gasteiger partial charge in [0.1, 0.15) is 15.8 Å². The highest BCUT2D eigenvalue weighted by Gasteiger charge is 2.25. The molecule has 0 aliphatic heterocycles. The molecule has 0 saturated heterocycles. The van der Waals surface area contributed by atoms with E-state index in [4.69, 9.17) is 16.6 Å². The predicted octanol–water partition coefficient (Wildman–Crippen LogP) is 4.54. The van der Waals surface area contributed by atoms with E-state index in [-0.39, 0.29) is 0 Å². The van der Waals surface area contributed by atoms with Crippen LogP contribution in [0.25, 0.3) is 10.2 Å². The lowest BCUT2D eigenvalue weighted by molar-refractivity contribution is 0.688. The van der Waals surface area contributed by atoms with E-state index in [0.29, 0.717) is 11.1 Å². The SMILES string of the molecule is Cc1cc2c(Cl)nc(C3Cc4ccccc4C3)nc2s1. The number of thiophene rings is 1. The molecule has 20 heavy (non-hydrogen) atoms. The van der Waals surface area contributed by atoms with Gasteiger partial charge in [-0.1, -0.05) is 35.9 Å². The van der Waals surface area contributed by atoms with E-state index >= 15 is 0 Å². The second kappa shape index (κ2) is 4.54. The van der Waals surface area contributed by atoms with Crippen molar-refractivity contribution in [1.29, 1.82) is 0 Å². The standard InChI is InChI=1S/C16H13ClN2S/c1-9-6-13-14(17)18-15(19-16(13)20-9)12-7-10-4-2-3-5-11(10)8-12/h2-6,12H,7-8H2,1H3. The molecule has 2 nitrogen and oxygen atoms in total. The van der Waals surface area contributed by atoms with Crippen LogP contribution < -0.4 is 0 Å². The van der Waals surface area contributed by atoms with Crippen molar-refractivity contribution in [1.82, 2.24) is 9.97 Å². The molecule has 0 saturated carbocycles. The maximum Gasteiger partial charge on any atom is 0.141 e. The predicted molar refractivity (Wildman–Crippen MR) is 83.8 cm³/mol. The van der Waals surface area contributed by atoms with E-state index in [0.717, 1.165) is 28.9 Å². The van der Waals surface area contributed by atoms with Crippen molar-refractivity contribution in [3.8, 4) is 0 Å². The highest BCUT2D eigenvalue weighted by Crippen LogP contribution is 2.35. The van der Waals surface area contributed by atoms with Gasteiger partial charge in [0.2, 0.25) is 0 Å². The minimum atomic E-state index is 0.358. The van der Waals surface area contributed by atoms with Gasteiger partial charge >= 0.3 is 0 Å². The van der Waals surface area contributed by atoms with Gasteiger partial charge in [0.25, 0.3) is 0 Å². The monoisotopic (exact) mass is 300 g/mol. The van der Waals surface area contributed by atoms with Crippen molar-refractivity contribution < 1.29 is 0 Å². The minimum absolute atomic E-state index is 0.358. The molecule has 1 aromatic carbocycles. The first-order chi connectivity index (χ1) is 9.70. The molecule has 0 spiro atoms. The third-order valence-corrected chi connectivity index (χ3v) is 5.14. The summed E-state index contributed by atoms with van der Waals surface area (Å²) in [6, 6.07) is 10.7. The summed E-state index contributed by atoms with van der Waals surface area (Å²) in [6.07, 6.45) is 2.03. The van der Waals surface area contributed by atoms with Crippen molar-refractivity contribution in [2.45, 2.75) is 25.7 Å². The van der Waals surface area contributed by atoms with Crippen LogP contribution in [0.1, 0.15) is 27.7 Å². The van der Waals surface area contributed by atoms with E-state index < -0.39 is 0 Å². The van der Waals surface area contributed by atoms with E-state index in [1.54, 1.807) is 11.3 Å². The molecule has 4 rings (SSSR count). The Hall–Kier alpha value is -1.45. The molecule has 0 fully saturated rings. The summed E-state index contributed by atoms with van der Waals surface area (Å²) in [7, 11) is 0. The Bertz CT molecular complexity index is 784. The van der Waals surface area contributed by atoms with Gasteiger partial charge in [-0.05, 0) is 37.0 Å². The van der Waals surface area contributed by atoms with Gasteiger partial charge in [-0.25, -0.2) is 9.97 Å². The van der Waals surface area contributed by atoms with Crippen molar-refractivity contribution in [3.05, 3.63) is 57.3 Å². The van der Waals surface area contributed by atoms with Crippen molar-refractivity contribution in [3.63, 3.8) is 0 Å². The molecule has 4 heteroatoms. The number of halogens is 1. The molecule has 2 aromatic heterocycles. The van der Waals surface area contributed by atoms with Crippen LogP contribution in [0.2, 0.25) is 5.15 Å². The zero-order valence-corrected chi connectivity index (χ0v) is 12.6. The normalized spacial score (nSPS) is 14.9. The lowest BCUT2D eigenvalue weighted by Crippen LogP contribution is -2.04. The molecule has 3 aromatic rings. The number of hydrogen-bond acceptors (Lipinski definition) is 3. The lowest BCUT2D eigenvalue weighted by Gasteiger charge is -2.08. The number of benzene rings is 1. The number of nitrogens with zero attached hydrogens (tertiary/aromatic N) is 2. The lowest BCUT2D eigenvalue weighted by atomic mass is 10.1. The van der Waals surface area contributed by atoms with E-state index in [1.807, 2.05) is 0 Å². The van der Waals surface area contributed by atoms with Crippen LogP contribution in [0.5, 0.6) is 0 Å². The van der Waals surface area contributed by atoms with Crippen LogP contribution in [-0.2, 0) is 12.8 Å². The fraction of sp³-hybridized carbons (Fsp3) is 0.250. The van der Waals surface area contributed by atoms with Crippen molar-refractivity contribution in [2.24, 2.45) is 0 Å². The first kappa shape index (κ1) is 12.3. The Kier molecular flexibility index (Phi) is 2.79. The number of hydrogen-bond donors (Lipinski definition) is 0. The Balaban J connectivity index is 1.77. The Morgan fingerprint density at radius 3 is 2.55 bits per heavy atom. The summed E-state index contributed by atoms with van der Waals surface area (Å²) >= 11 is 8.01. The summed E-state index contributed by atoms with van der Waals surface area (Å²) in [6.45, 7) is 2.08. The summed E-state index contributed by atoms with van der Waals surface area (Å²) in [5.74, 6) is 1.25. The summed E-state index contributed by atoms with van der Waals surface area (Å²) in [4.78, 5) is 11.5. The average molecular weight is 301 g/mol. The van der Waals surface area contributed by atoms with Crippen LogP contribution in [0.15, 0.2) is 30.3 Å². The molecule has 1 aliphatic carbocycles. The van der Waals surface area contributed by atoms with E-state index in [2.05, 4.69) is 42.2 Å². The molecule has 2 heterocycles. The summed E-state index contributed by atoms with van der Waals surface area (Å²) < 4.78 is 0. The number of fused-ring (bicyclic) bond motifs is 2. The third-order valence-electron chi connectivity index (χ3n) is 3.90. The van der Waals surface area contributed by atoms with Crippen LogP contribution in [0.4, 0.5) is 0 Å². The molecule has 100 valence electrons. The molecule has 1 aliphatic rings. The molecule has 0 radical (unpaired) electrons. The Morgan fingerprint density at radius 2 is 1.85 bits per heavy atom. The maximum absolute atomic E-state index is 6.32. The van der Waals surface area contributed by atoms with Crippen LogP contribution >= 0.6 is 22.9 Å².